The number of piperazine rings is 1. The van der Waals surface area contributed by atoms with Gasteiger partial charge in [0.1, 0.15) is 11.5 Å². The van der Waals surface area contributed by atoms with Gasteiger partial charge in [-0.15, -0.1) is 0 Å². The Kier molecular flexibility index (Phi) is 6.03. The summed E-state index contributed by atoms with van der Waals surface area (Å²) in [5.74, 6) is -1.32. The predicted octanol–water partition coefficient (Wildman–Crippen LogP) is 3.02. The molecule has 1 saturated carbocycles. The van der Waals surface area contributed by atoms with Gasteiger partial charge in [0.25, 0.3) is 11.5 Å². The van der Waals surface area contributed by atoms with Gasteiger partial charge < -0.3 is 15.2 Å². The van der Waals surface area contributed by atoms with Crippen molar-refractivity contribution in [2.24, 2.45) is 0 Å². The Morgan fingerprint density at radius 1 is 1.12 bits per heavy atom. The summed E-state index contributed by atoms with van der Waals surface area (Å²) in [5, 5.41) is 3.20. The maximum absolute atomic E-state index is 14.5. The minimum Gasteiger partial charge on any atom is -0.365 e. The number of hydrogen-bond donors (Lipinski definition) is 2. The first kappa shape index (κ1) is 22.5. The highest BCUT2D eigenvalue weighted by atomic mass is 19.1. The van der Waals surface area contributed by atoms with Crippen LogP contribution in [-0.2, 0) is 0 Å². The van der Waals surface area contributed by atoms with Gasteiger partial charge in [-0.25, -0.2) is 9.37 Å². The topological polar surface area (TPSA) is 81.3 Å². The van der Waals surface area contributed by atoms with E-state index >= 15 is 0 Å². The molecule has 2 aromatic heterocycles. The molecule has 34 heavy (non-hydrogen) atoms. The van der Waals surface area contributed by atoms with Gasteiger partial charge in [0.05, 0.1) is 11.1 Å². The van der Waals surface area contributed by atoms with E-state index in [2.05, 4.69) is 20.2 Å². The minimum absolute atomic E-state index is 0.0638. The van der Waals surface area contributed by atoms with Gasteiger partial charge in [-0.1, -0.05) is 12.1 Å². The molecule has 2 unspecified atom stereocenters. The lowest BCUT2D eigenvalue weighted by Crippen LogP contribution is -2.50. The van der Waals surface area contributed by atoms with E-state index in [9.17, 15) is 18.4 Å². The summed E-state index contributed by atoms with van der Waals surface area (Å²) in [6, 6.07) is 10.2. The number of hydrogen-bond acceptors (Lipinski definition) is 5. The van der Waals surface area contributed by atoms with Crippen molar-refractivity contribution in [3.05, 3.63) is 69.9 Å². The van der Waals surface area contributed by atoms with Crippen LogP contribution in [0.2, 0.25) is 0 Å². The number of aromatic amines is 1. The number of amides is 1. The molecule has 2 N–H and O–H groups in total. The quantitative estimate of drug-likeness (QED) is 0.577. The van der Waals surface area contributed by atoms with E-state index < -0.39 is 17.7 Å². The largest absolute Gasteiger partial charge is 0.365 e. The average Bonchev–Trinajstić information content (AvgIpc) is 3.34. The monoisotopic (exact) mass is 467 g/mol. The second-order valence-corrected chi connectivity index (χ2v) is 9.03. The highest BCUT2D eigenvalue weighted by Gasteiger charge is 2.33. The van der Waals surface area contributed by atoms with Crippen molar-refractivity contribution in [1.82, 2.24) is 20.2 Å². The predicted molar refractivity (Wildman–Crippen MR) is 126 cm³/mol. The zero-order chi connectivity index (χ0) is 23.8. The van der Waals surface area contributed by atoms with Gasteiger partial charge in [0, 0.05) is 50.9 Å². The zero-order valence-electron chi connectivity index (χ0n) is 19.0. The van der Waals surface area contributed by atoms with E-state index in [1.54, 1.807) is 24.3 Å². The number of pyridine rings is 2. The van der Waals surface area contributed by atoms with Crippen LogP contribution >= 0.6 is 0 Å². The van der Waals surface area contributed by atoms with Crippen molar-refractivity contribution >= 4 is 22.4 Å². The van der Waals surface area contributed by atoms with E-state index in [0.29, 0.717) is 30.2 Å². The van der Waals surface area contributed by atoms with Crippen LogP contribution in [0.5, 0.6) is 0 Å². The highest BCUT2D eigenvalue weighted by molar-refractivity contribution is 5.92. The summed E-state index contributed by atoms with van der Waals surface area (Å²) < 4.78 is 28.6. The fraction of sp³-hybridized carbons (Fsp3) is 0.400. The van der Waals surface area contributed by atoms with Gasteiger partial charge >= 0.3 is 0 Å². The third-order valence-corrected chi connectivity index (χ3v) is 7.15. The summed E-state index contributed by atoms with van der Waals surface area (Å²) in [5.41, 5.74) is 0.973. The summed E-state index contributed by atoms with van der Waals surface area (Å²) in [7, 11) is 1.49. The molecule has 1 amide bonds. The number of benzene rings is 1. The molecule has 1 saturated heterocycles. The SMILES string of the molecule is CNC(=O)c1ccc(N2CCN(C3CCC(c4cc5cccc(F)c5c(=O)[nH]4)C3)CC2)c(F)n1. The Balaban J connectivity index is 1.23. The number of nitrogens with one attached hydrogen (secondary N) is 2. The van der Waals surface area contributed by atoms with Crippen molar-refractivity contribution in [2.45, 2.75) is 31.2 Å². The molecular weight excluding hydrogens is 440 g/mol. The van der Waals surface area contributed by atoms with Crippen LogP contribution in [0.3, 0.4) is 0 Å². The average molecular weight is 468 g/mol. The molecule has 2 aliphatic rings. The van der Waals surface area contributed by atoms with E-state index in [4.69, 9.17) is 0 Å². The number of rotatable bonds is 4. The second-order valence-electron chi connectivity index (χ2n) is 9.03. The molecular formula is C25H27F2N5O2. The third-order valence-electron chi connectivity index (χ3n) is 7.15. The van der Waals surface area contributed by atoms with Gasteiger partial charge in [-0.3, -0.25) is 14.5 Å². The Morgan fingerprint density at radius 2 is 1.91 bits per heavy atom. The van der Waals surface area contributed by atoms with Gasteiger partial charge in [-0.2, -0.15) is 4.39 Å². The molecule has 0 spiro atoms. The number of aromatic nitrogens is 2. The molecule has 1 aliphatic heterocycles. The van der Waals surface area contributed by atoms with Crippen LogP contribution in [0.1, 0.15) is 41.4 Å². The van der Waals surface area contributed by atoms with Crippen LogP contribution in [-0.4, -0.2) is 60.0 Å². The highest BCUT2D eigenvalue weighted by Crippen LogP contribution is 2.37. The molecule has 0 bridgehead atoms. The van der Waals surface area contributed by atoms with Crippen molar-refractivity contribution in [2.75, 3.05) is 38.1 Å². The molecule has 9 heteroatoms. The molecule has 1 aliphatic carbocycles. The number of carbonyl (C=O) groups excluding carboxylic acids is 1. The Labute approximate surface area is 195 Å². The molecule has 7 nitrogen and oxygen atoms in total. The third kappa shape index (κ3) is 4.16. The number of nitrogens with zero attached hydrogens (tertiary/aromatic N) is 3. The lowest BCUT2D eigenvalue weighted by molar-refractivity contribution is 0.0957. The second kappa shape index (κ2) is 9.13. The van der Waals surface area contributed by atoms with Crippen molar-refractivity contribution in [3.63, 3.8) is 0 Å². The smallest absolute Gasteiger partial charge is 0.269 e. The number of anilines is 1. The van der Waals surface area contributed by atoms with Crippen LogP contribution in [0.15, 0.2) is 41.2 Å². The van der Waals surface area contributed by atoms with E-state index in [1.807, 2.05) is 11.0 Å². The van der Waals surface area contributed by atoms with Gasteiger partial charge in [-0.05, 0) is 48.9 Å². The lowest BCUT2D eigenvalue weighted by atomic mass is 10.00. The Bertz CT molecular complexity index is 1290. The molecule has 3 heterocycles. The Morgan fingerprint density at radius 3 is 2.65 bits per heavy atom. The molecule has 1 aromatic carbocycles. The van der Waals surface area contributed by atoms with Crippen molar-refractivity contribution in [3.8, 4) is 0 Å². The van der Waals surface area contributed by atoms with Crippen molar-refractivity contribution < 1.29 is 13.6 Å². The van der Waals surface area contributed by atoms with Crippen LogP contribution < -0.4 is 15.8 Å². The molecule has 5 rings (SSSR count). The van der Waals surface area contributed by atoms with E-state index in [-0.39, 0.29) is 22.6 Å². The van der Waals surface area contributed by atoms with Crippen molar-refractivity contribution in [1.29, 1.82) is 0 Å². The van der Waals surface area contributed by atoms with Crippen LogP contribution in [0.25, 0.3) is 10.8 Å². The first-order valence-electron chi connectivity index (χ1n) is 11.6. The summed E-state index contributed by atoms with van der Waals surface area (Å²) in [6.45, 7) is 2.94. The summed E-state index contributed by atoms with van der Waals surface area (Å²) in [4.78, 5) is 35.3. The zero-order valence-corrected chi connectivity index (χ0v) is 19.0. The summed E-state index contributed by atoms with van der Waals surface area (Å²) >= 11 is 0. The maximum atomic E-state index is 14.5. The normalized spacial score (nSPS) is 21.2. The fourth-order valence-electron chi connectivity index (χ4n) is 5.33. The van der Waals surface area contributed by atoms with Crippen LogP contribution in [0.4, 0.5) is 14.5 Å². The first-order chi connectivity index (χ1) is 16.4. The van der Waals surface area contributed by atoms with E-state index in [1.165, 1.54) is 13.1 Å². The summed E-state index contributed by atoms with van der Waals surface area (Å²) in [6.07, 6.45) is 2.90. The molecule has 3 aromatic rings. The number of halogens is 2. The lowest BCUT2D eigenvalue weighted by Gasteiger charge is -2.39. The molecule has 2 atom stereocenters. The Hall–Kier alpha value is -3.33. The van der Waals surface area contributed by atoms with Gasteiger partial charge in [0.2, 0.25) is 5.95 Å². The fourth-order valence-corrected chi connectivity index (χ4v) is 5.33. The number of fused-ring (bicyclic) bond motifs is 1. The molecule has 0 radical (unpaired) electrons. The number of H-pyrrole nitrogens is 1. The van der Waals surface area contributed by atoms with E-state index in [0.717, 1.165) is 38.0 Å². The maximum Gasteiger partial charge on any atom is 0.269 e. The van der Waals surface area contributed by atoms with Gasteiger partial charge in [0.15, 0.2) is 0 Å². The minimum atomic E-state index is -0.632. The molecule has 2 fully saturated rings. The standard InChI is InChI=1S/C25H27F2N5O2/c1-28-24(33)19-7-8-21(23(27)29-19)32-11-9-31(10-12-32)17-6-5-15(13-17)20-14-16-3-2-4-18(26)22(16)25(34)30-20/h2-4,7-8,14-15,17H,5-6,9-13H2,1H3,(H,28,33)(H,30,34). The number of carbonyl (C=O) groups is 1. The molecule has 178 valence electrons. The van der Waals surface area contributed by atoms with Crippen LogP contribution in [0, 0.1) is 11.8 Å². The first-order valence-corrected chi connectivity index (χ1v) is 11.6.